The molecule has 106 valence electrons. The molecule has 0 unspecified atom stereocenters. The van der Waals surface area contributed by atoms with Gasteiger partial charge in [0.25, 0.3) is 5.91 Å². The Morgan fingerprint density at radius 3 is 2.58 bits per heavy atom. The van der Waals surface area contributed by atoms with Gasteiger partial charge in [-0.05, 0) is 18.4 Å². The molecule has 1 amide bonds. The molecule has 0 aliphatic rings. The van der Waals surface area contributed by atoms with E-state index in [1.807, 2.05) is 19.4 Å². The number of nitrogens with two attached hydrogens (primary N) is 1. The molecule has 0 aliphatic carbocycles. The predicted molar refractivity (Wildman–Crippen MR) is 82.7 cm³/mol. The number of nitrogen functional groups attached to an aromatic ring is 1. The number of nitrogens with zero attached hydrogens (tertiary/aromatic N) is 2. The van der Waals surface area contributed by atoms with Crippen molar-refractivity contribution < 1.29 is 4.79 Å². The Bertz CT molecular complexity index is 454. The summed E-state index contributed by atoms with van der Waals surface area (Å²) in [5, 5.41) is 0. The van der Waals surface area contributed by atoms with Gasteiger partial charge in [-0.25, -0.2) is 4.98 Å². The van der Waals surface area contributed by atoms with Crippen molar-refractivity contribution in [1.29, 1.82) is 0 Å². The number of thioether (sulfide) groups is 1. The Balaban J connectivity index is 3.00. The van der Waals surface area contributed by atoms with E-state index in [2.05, 4.69) is 25.8 Å². The van der Waals surface area contributed by atoms with Crippen molar-refractivity contribution in [3.63, 3.8) is 0 Å². The van der Waals surface area contributed by atoms with Crippen LogP contribution in [0.3, 0.4) is 0 Å². The summed E-state index contributed by atoms with van der Waals surface area (Å²) in [4.78, 5) is 18.3. The molecule has 1 aromatic rings. The summed E-state index contributed by atoms with van der Waals surface area (Å²) >= 11 is 1.72. The molecular weight excluding hydrogens is 258 g/mol. The van der Waals surface area contributed by atoms with Crippen LogP contribution in [0.15, 0.2) is 12.1 Å². The summed E-state index contributed by atoms with van der Waals surface area (Å²) < 4.78 is 0. The highest BCUT2D eigenvalue weighted by Crippen LogP contribution is 2.23. The van der Waals surface area contributed by atoms with Crippen molar-refractivity contribution in [3.05, 3.63) is 23.4 Å². The van der Waals surface area contributed by atoms with Crippen LogP contribution in [0.4, 0.5) is 5.82 Å². The molecule has 4 nitrogen and oxygen atoms in total. The zero-order chi connectivity index (χ0) is 14.6. The molecule has 0 fully saturated rings. The number of amides is 1. The van der Waals surface area contributed by atoms with Crippen LogP contribution in [-0.2, 0) is 5.41 Å². The van der Waals surface area contributed by atoms with E-state index in [1.165, 1.54) is 0 Å². The summed E-state index contributed by atoms with van der Waals surface area (Å²) in [6.45, 7) is 6.90. The minimum atomic E-state index is -0.123. The highest BCUT2D eigenvalue weighted by molar-refractivity contribution is 7.98. The van der Waals surface area contributed by atoms with E-state index < -0.39 is 0 Å². The Labute approximate surface area is 119 Å². The van der Waals surface area contributed by atoms with Crippen LogP contribution in [0.5, 0.6) is 0 Å². The van der Waals surface area contributed by atoms with Gasteiger partial charge in [0.15, 0.2) is 0 Å². The van der Waals surface area contributed by atoms with Crippen molar-refractivity contribution in [2.45, 2.75) is 26.2 Å². The summed E-state index contributed by atoms with van der Waals surface area (Å²) in [5.74, 6) is 1.32. The summed E-state index contributed by atoms with van der Waals surface area (Å²) in [6.07, 6.45) is 2.03. The topological polar surface area (TPSA) is 59.2 Å². The average Bonchev–Trinajstić information content (AvgIpc) is 2.33. The molecule has 1 rings (SSSR count). The van der Waals surface area contributed by atoms with E-state index in [0.29, 0.717) is 11.4 Å². The Kier molecular flexibility index (Phi) is 5.23. The molecule has 0 saturated carbocycles. The van der Waals surface area contributed by atoms with E-state index in [9.17, 15) is 4.79 Å². The van der Waals surface area contributed by atoms with Gasteiger partial charge in [-0.3, -0.25) is 4.79 Å². The molecular formula is C14H23N3OS. The molecule has 1 aromatic heterocycles. The normalized spacial score (nSPS) is 11.4. The summed E-state index contributed by atoms with van der Waals surface area (Å²) in [6, 6.07) is 3.49. The van der Waals surface area contributed by atoms with Crippen molar-refractivity contribution >= 4 is 23.5 Å². The first-order valence-electron chi connectivity index (χ1n) is 6.28. The third-order valence-corrected chi connectivity index (χ3v) is 3.43. The SMILES string of the molecule is CSCCN(C)C(=O)c1cc(N)nc(C(C)(C)C)c1. The van der Waals surface area contributed by atoms with Crippen LogP contribution in [0, 0.1) is 0 Å². The highest BCUT2D eigenvalue weighted by Gasteiger charge is 2.20. The van der Waals surface area contributed by atoms with Crippen LogP contribution in [0.2, 0.25) is 0 Å². The zero-order valence-electron chi connectivity index (χ0n) is 12.4. The maximum Gasteiger partial charge on any atom is 0.253 e. The van der Waals surface area contributed by atoms with Crippen LogP contribution >= 0.6 is 11.8 Å². The second-order valence-corrected chi connectivity index (χ2v) is 6.62. The molecule has 0 spiro atoms. The lowest BCUT2D eigenvalue weighted by molar-refractivity contribution is 0.0803. The van der Waals surface area contributed by atoms with Crippen molar-refractivity contribution in [1.82, 2.24) is 9.88 Å². The lowest BCUT2D eigenvalue weighted by atomic mass is 9.90. The smallest absolute Gasteiger partial charge is 0.253 e. The number of rotatable bonds is 4. The maximum absolute atomic E-state index is 12.3. The third kappa shape index (κ3) is 4.42. The number of hydrogen-bond donors (Lipinski definition) is 1. The molecule has 5 heteroatoms. The molecule has 1 heterocycles. The minimum absolute atomic E-state index is 0.00588. The maximum atomic E-state index is 12.3. The van der Waals surface area contributed by atoms with E-state index in [4.69, 9.17) is 5.73 Å². The number of carbonyl (C=O) groups is 1. The monoisotopic (exact) mass is 281 g/mol. The molecule has 0 atom stereocenters. The Morgan fingerprint density at radius 1 is 1.42 bits per heavy atom. The quantitative estimate of drug-likeness (QED) is 0.920. The first kappa shape index (κ1) is 15.8. The number of carbonyl (C=O) groups excluding carboxylic acids is 1. The van der Waals surface area contributed by atoms with E-state index in [-0.39, 0.29) is 11.3 Å². The molecule has 19 heavy (non-hydrogen) atoms. The van der Waals surface area contributed by atoms with Crippen molar-refractivity contribution in [3.8, 4) is 0 Å². The van der Waals surface area contributed by atoms with Gasteiger partial charge < -0.3 is 10.6 Å². The van der Waals surface area contributed by atoms with Crippen LogP contribution in [-0.4, -0.2) is 41.4 Å². The van der Waals surface area contributed by atoms with Gasteiger partial charge in [0, 0.05) is 36.0 Å². The Hall–Kier alpha value is -1.23. The number of hydrogen-bond acceptors (Lipinski definition) is 4. The number of anilines is 1. The van der Waals surface area contributed by atoms with Gasteiger partial charge in [0.2, 0.25) is 0 Å². The Morgan fingerprint density at radius 2 is 2.05 bits per heavy atom. The second-order valence-electron chi connectivity index (χ2n) is 5.64. The molecule has 0 aromatic carbocycles. The largest absolute Gasteiger partial charge is 0.384 e. The number of aromatic nitrogens is 1. The van der Waals surface area contributed by atoms with E-state index >= 15 is 0 Å². The zero-order valence-corrected chi connectivity index (χ0v) is 13.2. The molecule has 2 N–H and O–H groups in total. The minimum Gasteiger partial charge on any atom is -0.384 e. The van der Waals surface area contributed by atoms with Gasteiger partial charge in [0.1, 0.15) is 5.82 Å². The van der Waals surface area contributed by atoms with Crippen LogP contribution in [0.25, 0.3) is 0 Å². The standard InChI is InChI=1S/C14H23N3OS/c1-14(2,3)11-8-10(9-12(15)16-11)13(18)17(4)6-7-19-5/h8-9H,6-7H2,1-5H3,(H2,15,16). The van der Waals surface area contributed by atoms with Crippen molar-refractivity contribution in [2.24, 2.45) is 0 Å². The van der Waals surface area contributed by atoms with E-state index in [0.717, 1.165) is 18.0 Å². The van der Waals surface area contributed by atoms with Crippen LogP contribution < -0.4 is 5.73 Å². The highest BCUT2D eigenvalue weighted by atomic mass is 32.2. The van der Waals surface area contributed by atoms with Crippen molar-refractivity contribution in [2.75, 3.05) is 31.3 Å². The fraction of sp³-hybridized carbons (Fsp3) is 0.571. The van der Waals surface area contributed by atoms with Gasteiger partial charge in [-0.2, -0.15) is 11.8 Å². The summed E-state index contributed by atoms with van der Waals surface area (Å²) in [7, 11) is 1.81. The molecule has 0 radical (unpaired) electrons. The second kappa shape index (κ2) is 6.28. The van der Waals surface area contributed by atoms with Crippen LogP contribution in [0.1, 0.15) is 36.8 Å². The average molecular weight is 281 g/mol. The molecule has 0 saturated heterocycles. The van der Waals surface area contributed by atoms with E-state index in [1.54, 1.807) is 22.7 Å². The first-order chi connectivity index (χ1) is 8.75. The van der Waals surface area contributed by atoms with Gasteiger partial charge >= 0.3 is 0 Å². The fourth-order valence-corrected chi connectivity index (χ4v) is 2.07. The lowest BCUT2D eigenvalue weighted by Gasteiger charge is -2.21. The van der Waals surface area contributed by atoms with Gasteiger partial charge in [-0.15, -0.1) is 0 Å². The number of pyridine rings is 1. The predicted octanol–water partition coefficient (Wildman–Crippen LogP) is 2.40. The molecule has 0 bridgehead atoms. The third-order valence-electron chi connectivity index (χ3n) is 2.84. The lowest BCUT2D eigenvalue weighted by Crippen LogP contribution is -2.29. The molecule has 0 aliphatic heterocycles. The first-order valence-corrected chi connectivity index (χ1v) is 7.67. The van der Waals surface area contributed by atoms with Gasteiger partial charge in [0.05, 0.1) is 0 Å². The fourth-order valence-electron chi connectivity index (χ4n) is 1.61. The summed E-state index contributed by atoms with van der Waals surface area (Å²) in [5.41, 5.74) is 7.14. The van der Waals surface area contributed by atoms with Gasteiger partial charge in [-0.1, -0.05) is 20.8 Å².